The van der Waals surface area contributed by atoms with Crippen LogP contribution in [0.15, 0.2) is 29.1 Å². The number of nitrogens with two attached hydrogens (primary N) is 1. The van der Waals surface area contributed by atoms with E-state index in [2.05, 4.69) is 5.32 Å². The number of nitrogens with one attached hydrogen (secondary N) is 1. The molecule has 0 saturated heterocycles. The van der Waals surface area contributed by atoms with Crippen molar-refractivity contribution >= 4 is 16.9 Å². The van der Waals surface area contributed by atoms with E-state index in [1.807, 2.05) is 45.0 Å². The Balaban J connectivity index is 2.22. The molecule has 0 saturated carbocycles. The van der Waals surface area contributed by atoms with Crippen LogP contribution in [0.3, 0.4) is 0 Å². The molecule has 126 valence electrons. The number of fused-ring (bicyclic) bond motifs is 1. The second-order valence-corrected chi connectivity index (χ2v) is 6.46. The van der Waals surface area contributed by atoms with Gasteiger partial charge < -0.3 is 11.1 Å². The summed E-state index contributed by atoms with van der Waals surface area (Å²) in [6.45, 7) is 7.21. The molecule has 1 heterocycles. The zero-order chi connectivity index (χ0) is 17.0. The fourth-order valence-corrected chi connectivity index (χ4v) is 2.63. The van der Waals surface area contributed by atoms with Crippen molar-refractivity contribution in [2.75, 3.05) is 6.54 Å². The average Bonchev–Trinajstić information content (AvgIpc) is 2.78. The maximum atomic E-state index is 12.6. The maximum Gasteiger partial charge on any atom is 0.329 e. The first-order chi connectivity index (χ1) is 10.9. The number of para-hydroxylation sites is 2. The summed E-state index contributed by atoms with van der Waals surface area (Å²) in [5, 5.41) is 2.89. The first kappa shape index (κ1) is 17.3. The Morgan fingerprint density at radius 3 is 2.26 bits per heavy atom. The van der Waals surface area contributed by atoms with Gasteiger partial charge in [0.1, 0.15) is 0 Å². The number of carbonyl (C=O) groups is 1. The summed E-state index contributed by atoms with van der Waals surface area (Å²) in [6, 6.07) is 7.70. The first-order valence-corrected chi connectivity index (χ1v) is 8.08. The van der Waals surface area contributed by atoms with Gasteiger partial charge >= 0.3 is 5.69 Å². The van der Waals surface area contributed by atoms with Gasteiger partial charge in [0.2, 0.25) is 5.91 Å². The van der Waals surface area contributed by atoms with Gasteiger partial charge in [0.05, 0.1) is 11.0 Å². The van der Waals surface area contributed by atoms with Crippen LogP contribution in [-0.2, 0) is 17.9 Å². The third-order valence-electron chi connectivity index (χ3n) is 3.92. The molecule has 0 unspecified atom stereocenters. The van der Waals surface area contributed by atoms with E-state index >= 15 is 0 Å². The number of imidazole rings is 1. The molecule has 0 aliphatic rings. The normalized spacial score (nSPS) is 11.8. The Labute approximate surface area is 136 Å². The Morgan fingerprint density at radius 1 is 1.17 bits per heavy atom. The average molecular weight is 318 g/mol. The van der Waals surface area contributed by atoms with E-state index in [0.29, 0.717) is 19.6 Å². The lowest BCUT2D eigenvalue weighted by molar-refractivity contribution is -0.122. The van der Waals surface area contributed by atoms with Crippen molar-refractivity contribution in [3.8, 4) is 0 Å². The highest BCUT2D eigenvalue weighted by molar-refractivity contribution is 5.78. The third-order valence-corrected chi connectivity index (χ3v) is 3.92. The summed E-state index contributed by atoms with van der Waals surface area (Å²) < 4.78 is 3.46. The fourth-order valence-electron chi connectivity index (χ4n) is 2.63. The largest absolute Gasteiger partial charge is 0.350 e. The molecule has 0 bridgehead atoms. The van der Waals surface area contributed by atoms with E-state index in [1.54, 1.807) is 9.13 Å². The summed E-state index contributed by atoms with van der Waals surface area (Å²) in [5.41, 5.74) is 6.93. The second kappa shape index (κ2) is 7.00. The molecule has 0 spiro atoms. The molecule has 0 fully saturated rings. The standard InChI is InChI=1S/C17H26N4O2/c1-4-10-20-13-7-5-6-8-14(13)21(16(20)23)11-9-15(22)19-17(2,3)12-18/h5-8H,4,9-12,18H2,1-3H3,(H,19,22). The highest BCUT2D eigenvalue weighted by Crippen LogP contribution is 2.13. The molecule has 1 amide bonds. The first-order valence-electron chi connectivity index (χ1n) is 8.08. The Morgan fingerprint density at radius 2 is 1.74 bits per heavy atom. The van der Waals surface area contributed by atoms with Crippen molar-refractivity contribution in [2.45, 2.75) is 52.2 Å². The minimum Gasteiger partial charge on any atom is -0.350 e. The molecule has 6 heteroatoms. The SMILES string of the molecule is CCCn1c(=O)n(CCC(=O)NC(C)(C)CN)c2ccccc21. The third kappa shape index (κ3) is 3.82. The van der Waals surface area contributed by atoms with Crippen molar-refractivity contribution < 1.29 is 4.79 Å². The smallest absolute Gasteiger partial charge is 0.329 e. The van der Waals surface area contributed by atoms with Crippen molar-refractivity contribution in [3.63, 3.8) is 0 Å². The number of carbonyl (C=O) groups excluding carboxylic acids is 1. The van der Waals surface area contributed by atoms with Gasteiger partial charge in [-0.1, -0.05) is 19.1 Å². The molecule has 0 atom stereocenters. The van der Waals surface area contributed by atoms with Crippen molar-refractivity contribution in [2.24, 2.45) is 5.73 Å². The fraction of sp³-hybridized carbons (Fsp3) is 0.529. The number of hydrogen-bond acceptors (Lipinski definition) is 3. The quantitative estimate of drug-likeness (QED) is 0.811. The zero-order valence-corrected chi connectivity index (χ0v) is 14.1. The van der Waals surface area contributed by atoms with Gasteiger partial charge in [-0.3, -0.25) is 13.9 Å². The lowest BCUT2D eigenvalue weighted by Crippen LogP contribution is -2.49. The summed E-state index contributed by atoms with van der Waals surface area (Å²) in [6.07, 6.45) is 1.14. The molecule has 3 N–H and O–H groups in total. The van der Waals surface area contributed by atoms with E-state index in [1.165, 1.54) is 0 Å². The van der Waals surface area contributed by atoms with Crippen LogP contribution < -0.4 is 16.7 Å². The summed E-state index contributed by atoms with van der Waals surface area (Å²) in [5.74, 6) is -0.0975. The van der Waals surface area contributed by atoms with Crippen LogP contribution in [0.2, 0.25) is 0 Å². The van der Waals surface area contributed by atoms with Crippen LogP contribution in [0.25, 0.3) is 11.0 Å². The molecule has 1 aromatic heterocycles. The van der Waals surface area contributed by atoms with Gasteiger partial charge in [-0.2, -0.15) is 0 Å². The van der Waals surface area contributed by atoms with E-state index in [9.17, 15) is 9.59 Å². The molecular weight excluding hydrogens is 292 g/mol. The highest BCUT2D eigenvalue weighted by Gasteiger charge is 2.19. The summed E-state index contributed by atoms with van der Waals surface area (Å²) in [7, 11) is 0. The monoisotopic (exact) mass is 318 g/mol. The molecule has 6 nitrogen and oxygen atoms in total. The molecule has 0 aliphatic heterocycles. The maximum absolute atomic E-state index is 12.6. The lowest BCUT2D eigenvalue weighted by Gasteiger charge is -2.24. The molecule has 1 aromatic carbocycles. The van der Waals surface area contributed by atoms with Gasteiger partial charge in [-0.15, -0.1) is 0 Å². The van der Waals surface area contributed by atoms with Crippen molar-refractivity contribution in [1.29, 1.82) is 0 Å². The van der Waals surface area contributed by atoms with Gasteiger partial charge in [0.15, 0.2) is 0 Å². The van der Waals surface area contributed by atoms with Crippen LogP contribution >= 0.6 is 0 Å². The van der Waals surface area contributed by atoms with Crippen LogP contribution in [0.4, 0.5) is 0 Å². The minimum absolute atomic E-state index is 0.0565. The van der Waals surface area contributed by atoms with Crippen molar-refractivity contribution in [1.82, 2.24) is 14.5 Å². The van der Waals surface area contributed by atoms with E-state index in [0.717, 1.165) is 17.5 Å². The number of aromatic nitrogens is 2. The van der Waals surface area contributed by atoms with Crippen LogP contribution in [0.1, 0.15) is 33.6 Å². The zero-order valence-electron chi connectivity index (χ0n) is 14.1. The molecule has 2 aromatic rings. The highest BCUT2D eigenvalue weighted by atomic mass is 16.2. The molecule has 23 heavy (non-hydrogen) atoms. The van der Waals surface area contributed by atoms with Crippen LogP contribution in [0.5, 0.6) is 0 Å². The van der Waals surface area contributed by atoms with E-state index in [4.69, 9.17) is 5.73 Å². The summed E-state index contributed by atoms with van der Waals surface area (Å²) in [4.78, 5) is 24.7. The molecule has 2 rings (SSSR count). The molecule has 0 radical (unpaired) electrons. The number of aryl methyl sites for hydroxylation is 2. The van der Waals surface area contributed by atoms with Gasteiger partial charge in [0.25, 0.3) is 0 Å². The Bertz CT molecular complexity index is 743. The number of benzene rings is 1. The minimum atomic E-state index is -0.432. The van der Waals surface area contributed by atoms with Crippen molar-refractivity contribution in [3.05, 3.63) is 34.7 Å². The number of hydrogen-bond donors (Lipinski definition) is 2. The Kier molecular flexibility index (Phi) is 5.26. The number of amides is 1. The van der Waals surface area contributed by atoms with E-state index < -0.39 is 5.54 Å². The summed E-state index contributed by atoms with van der Waals surface area (Å²) >= 11 is 0. The molecular formula is C17H26N4O2. The van der Waals surface area contributed by atoms with E-state index in [-0.39, 0.29) is 18.0 Å². The second-order valence-electron chi connectivity index (χ2n) is 6.46. The van der Waals surface area contributed by atoms with Crippen LogP contribution in [0, 0.1) is 0 Å². The van der Waals surface area contributed by atoms with Gasteiger partial charge in [-0.05, 0) is 32.4 Å². The predicted octanol–water partition coefficient (Wildman–Crippen LogP) is 1.46. The number of nitrogens with zero attached hydrogens (tertiary/aromatic N) is 2. The Hall–Kier alpha value is -2.08. The number of rotatable bonds is 7. The molecule has 0 aliphatic carbocycles. The van der Waals surface area contributed by atoms with Gasteiger partial charge in [0, 0.05) is 31.6 Å². The lowest BCUT2D eigenvalue weighted by atomic mass is 10.1. The van der Waals surface area contributed by atoms with Crippen LogP contribution in [-0.4, -0.2) is 27.1 Å². The topological polar surface area (TPSA) is 82.0 Å². The van der Waals surface area contributed by atoms with Gasteiger partial charge in [-0.25, -0.2) is 4.79 Å². The predicted molar refractivity (Wildman–Crippen MR) is 92.4 cm³/mol.